The Hall–Kier alpha value is -17.3. The van der Waals surface area contributed by atoms with Crippen LogP contribution in [0.4, 0.5) is 52.7 Å². The van der Waals surface area contributed by atoms with Gasteiger partial charge >= 0.3 is 32.6 Å². The zero-order chi connectivity index (χ0) is 103. The summed E-state index contributed by atoms with van der Waals surface area (Å²) in [7, 11) is 2.91. The van der Waals surface area contributed by atoms with Crippen molar-refractivity contribution in [2.45, 2.75) is 90.5 Å². The number of fused-ring (bicyclic) bond motifs is 4. The maximum absolute atomic E-state index is 13.9. The van der Waals surface area contributed by atoms with E-state index < -0.39 is 31.0 Å². The second-order valence-electron chi connectivity index (χ2n) is 33.5. The largest absolute Gasteiger partial charge is 0.573 e. The van der Waals surface area contributed by atoms with E-state index in [2.05, 4.69) is 96.1 Å². The summed E-state index contributed by atoms with van der Waals surface area (Å²) in [4.78, 5) is 52.7. The standard InChI is InChI=1S/C31H24F3N5O3.C24H18F3N5O3.C20H13BrF3N3O2.C16H10F3N5O2.C9H15BN2O2/c1-41-25-11-7-22(8-12-25)17-37-19-23(15-35-37)28-20-38(24-9-13-26(14-10-24)42-31(32,33)34)30(40)29-27(28)16-36-39(29)18-21-5-3-2-4-6-21;1-34-18-6-2-15(3-7-18)12-31-13-16(10-29-31)21-14-32(23(33)22-20(21)11-28-30-22)17-4-8-19(9-5-17)35-24(25,26)27;21-17-12-26(14-6-8-15(9-7-14)29-20(22,23)24)19(28)18-16(17)10-25-27(18)11-13-4-2-1-3-5-13;17-16(18,19)26-11-3-1-10(2-4-11)24-8-13(9-5-20-21-6-9)12-7-22-23-14(12)15(24)25;1-8(2)9(3,4)14-10(13-8)7-5-11-12-6-7/h2-16,19-20H,17-18H2,1H3;2-11,13-14H,12H2,1H3,(H,28,30);1-10,12H,11H2;1-8H,(H,20,21)(H,22,23);5-6H,1-4H3,(H,11,12). The van der Waals surface area contributed by atoms with Crippen LogP contribution in [0.25, 0.3) is 99.7 Å². The molecule has 1 fully saturated rings. The van der Waals surface area contributed by atoms with Crippen LogP contribution in [0.3, 0.4) is 0 Å². The molecule has 0 radical (unpaired) electrons. The minimum Gasteiger partial charge on any atom is -0.497 e. The molecule has 4 N–H and O–H groups in total. The molecule has 746 valence electrons. The summed E-state index contributed by atoms with van der Waals surface area (Å²) < 4.78 is 200. The highest BCUT2D eigenvalue weighted by Gasteiger charge is 2.52. The highest BCUT2D eigenvalue weighted by atomic mass is 79.9. The lowest BCUT2D eigenvalue weighted by Gasteiger charge is -2.32. The molecule has 32 nitrogen and oxygen atoms in total. The van der Waals surface area contributed by atoms with Crippen LogP contribution in [-0.2, 0) is 35.5 Å². The van der Waals surface area contributed by atoms with E-state index in [1.54, 1.807) is 114 Å². The highest BCUT2D eigenvalue weighted by molar-refractivity contribution is 9.10. The van der Waals surface area contributed by atoms with Gasteiger partial charge in [0, 0.05) is 143 Å². The Morgan fingerprint density at radius 1 is 0.342 bits per heavy atom. The molecule has 1 aliphatic heterocycles. The van der Waals surface area contributed by atoms with Gasteiger partial charge in [-0.05, 0) is 187 Å². The molecule has 46 heteroatoms. The van der Waals surface area contributed by atoms with E-state index >= 15 is 0 Å². The molecule has 0 spiro atoms. The first kappa shape index (κ1) is 100. The van der Waals surface area contributed by atoms with Crippen molar-refractivity contribution in [3.05, 3.63) is 374 Å². The van der Waals surface area contributed by atoms with Gasteiger partial charge in [-0.2, -0.15) is 40.8 Å². The van der Waals surface area contributed by atoms with Crippen LogP contribution < -0.4 is 56.1 Å². The zero-order valence-corrected chi connectivity index (χ0v) is 78.8. The third kappa shape index (κ3) is 23.5. The van der Waals surface area contributed by atoms with E-state index in [1.165, 1.54) is 85.1 Å². The first-order chi connectivity index (χ1) is 69.7. The average molecular weight is 2070 g/mol. The fourth-order valence-electron chi connectivity index (χ4n) is 15.6. The second kappa shape index (κ2) is 41.7. The van der Waals surface area contributed by atoms with Gasteiger partial charge in [0.25, 0.3) is 22.2 Å². The number of methoxy groups -OCH3 is 2. The Morgan fingerprint density at radius 2 is 0.678 bits per heavy atom. The number of halogens is 13. The number of rotatable bonds is 22. The summed E-state index contributed by atoms with van der Waals surface area (Å²) in [6.07, 6.45) is 7.50. The molecule has 0 unspecified atom stereocenters. The molecule has 8 aromatic carbocycles. The number of alkyl halides is 12. The van der Waals surface area contributed by atoms with Crippen LogP contribution in [0.5, 0.6) is 34.5 Å². The number of aromatic amines is 4. The number of H-pyrrole nitrogens is 4. The van der Waals surface area contributed by atoms with Crippen molar-refractivity contribution in [3.63, 3.8) is 0 Å². The fourth-order valence-corrected chi connectivity index (χ4v) is 16.1. The molecule has 0 atom stereocenters. The Bertz CT molecular complexity index is 8180. The van der Waals surface area contributed by atoms with Gasteiger partial charge in [-0.3, -0.25) is 76.6 Å². The van der Waals surface area contributed by atoms with Crippen LogP contribution in [0.1, 0.15) is 49.9 Å². The van der Waals surface area contributed by atoms with Crippen LogP contribution >= 0.6 is 15.9 Å². The smallest absolute Gasteiger partial charge is 0.497 e. The van der Waals surface area contributed by atoms with Gasteiger partial charge in [0.15, 0.2) is 0 Å². The van der Waals surface area contributed by atoms with Gasteiger partial charge in [-0.15, -0.1) is 52.7 Å². The number of nitrogens with one attached hydrogen (secondary N) is 4. The SMILES string of the molecule is CC1(C)OB(c2cn[nH]c2)OC1(C)C.COc1ccc(Cn2cc(-c3cn(-c4ccc(OC(F)(F)F)cc4)c(=O)c4[nH]ncc34)cn2)cc1.COc1ccc(Cn2cc(-c3cn(-c4ccc(OC(F)(F)F)cc4)c(=O)c4c3cnn4Cc3ccccc3)cn2)cc1.O=c1c2[nH]ncc2c(-c2cn[nH]c2)cn1-c1ccc(OC(F)(F)F)cc1.O=c1c2c(cnn2Cc2ccccc2)c(Br)cn1-c1ccc(OC(F)(F)F)cc1. The summed E-state index contributed by atoms with van der Waals surface area (Å²) in [6.45, 7) is 9.95. The number of aromatic nitrogens is 20. The van der Waals surface area contributed by atoms with Gasteiger partial charge in [-0.1, -0.05) is 84.9 Å². The van der Waals surface area contributed by atoms with E-state index in [0.29, 0.717) is 103 Å². The van der Waals surface area contributed by atoms with E-state index in [4.69, 9.17) is 18.8 Å². The lowest BCUT2D eigenvalue weighted by atomic mass is 9.82. The molecule has 12 aromatic heterocycles. The normalized spacial score (nSPS) is 12.9. The lowest BCUT2D eigenvalue weighted by Crippen LogP contribution is -2.41. The first-order valence-corrected chi connectivity index (χ1v) is 44.8. The van der Waals surface area contributed by atoms with Gasteiger partial charge in [0.1, 0.15) is 56.6 Å². The minimum atomic E-state index is -4.82. The molecule has 13 heterocycles. The van der Waals surface area contributed by atoms with Crippen molar-refractivity contribution >= 4 is 72.1 Å². The van der Waals surface area contributed by atoms with Crippen LogP contribution in [-0.4, -0.2) is 156 Å². The molecule has 21 rings (SSSR count). The van der Waals surface area contributed by atoms with Crippen molar-refractivity contribution in [1.82, 2.24) is 98.2 Å². The quantitative estimate of drug-likeness (QED) is 0.0362. The number of pyridine rings is 4. The number of hydrogen-bond donors (Lipinski definition) is 4. The van der Waals surface area contributed by atoms with Crippen molar-refractivity contribution < 1.29 is 90.4 Å². The lowest BCUT2D eigenvalue weighted by molar-refractivity contribution is -0.275. The maximum atomic E-state index is 13.9. The average Bonchev–Trinajstić information content (AvgIpc) is 1.59. The Balaban J connectivity index is 0.000000129. The predicted molar refractivity (Wildman–Crippen MR) is 518 cm³/mol. The number of nitrogens with zero attached hydrogens (tertiary/aromatic N) is 16. The monoisotopic (exact) mass is 2070 g/mol. The molecule has 146 heavy (non-hydrogen) atoms. The van der Waals surface area contributed by atoms with E-state index in [9.17, 15) is 71.9 Å². The van der Waals surface area contributed by atoms with Crippen LogP contribution in [0, 0.1) is 0 Å². The Kier molecular flexibility index (Phi) is 28.6. The number of ether oxygens (including phenoxy) is 6. The van der Waals surface area contributed by atoms with Gasteiger partial charge < -0.3 is 37.7 Å². The molecule has 1 aliphatic rings. The molecule has 0 amide bonds. The van der Waals surface area contributed by atoms with Gasteiger partial charge in [0.2, 0.25) is 0 Å². The molecule has 20 aromatic rings. The summed E-state index contributed by atoms with van der Waals surface area (Å²) in [6, 6.07) is 54.8. The number of benzene rings is 8. The van der Waals surface area contributed by atoms with Crippen molar-refractivity contribution in [1.29, 1.82) is 0 Å². The molecular formula is C100H80BBrF12N20O12. The predicted octanol–water partition coefficient (Wildman–Crippen LogP) is 19.2. The summed E-state index contributed by atoms with van der Waals surface area (Å²) >= 11 is 3.45. The van der Waals surface area contributed by atoms with Crippen molar-refractivity contribution in [3.8, 4) is 90.6 Å². The molecular weight excluding hydrogens is 1990 g/mol. The van der Waals surface area contributed by atoms with Crippen molar-refractivity contribution in [2.24, 2.45) is 0 Å². The van der Waals surface area contributed by atoms with Gasteiger partial charge in [0.05, 0.1) is 95.0 Å². The van der Waals surface area contributed by atoms with E-state index in [0.717, 1.165) is 92.3 Å². The van der Waals surface area contributed by atoms with Crippen LogP contribution in [0.2, 0.25) is 0 Å². The van der Waals surface area contributed by atoms with Crippen molar-refractivity contribution in [2.75, 3.05) is 14.2 Å². The van der Waals surface area contributed by atoms with E-state index in [-0.39, 0.29) is 69.0 Å². The third-order valence-electron chi connectivity index (χ3n) is 23.3. The summed E-state index contributed by atoms with van der Waals surface area (Å²) in [5.74, 6) is 0.0367. The minimum absolute atomic E-state index is 0.265. The molecule has 0 bridgehead atoms. The Labute approximate surface area is 825 Å². The topological polar surface area (TPSA) is 348 Å². The molecule has 0 aliphatic carbocycles. The highest BCUT2D eigenvalue weighted by Crippen LogP contribution is 2.39. The fraction of sp³-hybridized carbons (Fsp3) is 0.160. The zero-order valence-electron chi connectivity index (χ0n) is 77.2. The Morgan fingerprint density at radius 3 is 1.04 bits per heavy atom. The third-order valence-corrected chi connectivity index (χ3v) is 23.9. The molecule has 1 saturated heterocycles. The number of hydrogen-bond acceptors (Lipinski definition) is 20. The second-order valence-corrected chi connectivity index (χ2v) is 34.4. The summed E-state index contributed by atoms with van der Waals surface area (Å²) in [5, 5.41) is 46.8. The van der Waals surface area contributed by atoms with Crippen LogP contribution in [0.15, 0.2) is 329 Å². The molecule has 0 saturated carbocycles. The first-order valence-electron chi connectivity index (χ1n) is 44.0. The maximum Gasteiger partial charge on any atom is 0.573 e. The van der Waals surface area contributed by atoms with Gasteiger partial charge in [-0.25, -0.2) is 0 Å². The van der Waals surface area contributed by atoms with E-state index in [1.807, 2.05) is 149 Å². The summed E-state index contributed by atoms with van der Waals surface area (Å²) in [5.41, 5.74) is 10.0.